The van der Waals surface area contributed by atoms with Crippen molar-refractivity contribution in [1.82, 2.24) is 0 Å². The number of benzene rings is 3. The molecule has 116 valence electrons. The summed E-state index contributed by atoms with van der Waals surface area (Å²) in [6.45, 7) is 0. The first-order chi connectivity index (χ1) is 11.8. The lowest BCUT2D eigenvalue weighted by molar-refractivity contribution is 0.547. The average Bonchev–Trinajstić information content (AvgIpc) is 2.64. The molecule has 0 radical (unpaired) electrons. The third-order valence-corrected chi connectivity index (χ3v) is 3.80. The first-order valence-corrected chi connectivity index (χ1v) is 7.68. The van der Waals surface area contributed by atoms with Gasteiger partial charge in [0.25, 0.3) is 0 Å². The highest BCUT2D eigenvalue weighted by Crippen LogP contribution is 2.22. The maximum atomic E-state index is 13.1. The van der Waals surface area contributed by atoms with E-state index in [1.165, 1.54) is 12.1 Å². The van der Waals surface area contributed by atoms with E-state index >= 15 is 0 Å². The van der Waals surface area contributed by atoms with E-state index in [0.717, 1.165) is 22.1 Å². The molecule has 0 aliphatic rings. The van der Waals surface area contributed by atoms with Crippen LogP contribution >= 0.6 is 0 Å². The van der Waals surface area contributed by atoms with Crippen LogP contribution < -0.4 is 5.55 Å². The van der Waals surface area contributed by atoms with Crippen molar-refractivity contribution in [3.8, 4) is 11.1 Å². The molecule has 0 bridgehead atoms. The van der Waals surface area contributed by atoms with Crippen molar-refractivity contribution in [1.29, 1.82) is 0 Å². The second-order valence-corrected chi connectivity index (χ2v) is 5.46. The summed E-state index contributed by atoms with van der Waals surface area (Å²) in [6.07, 6.45) is 0. The maximum Gasteiger partial charge on any atom is 0.227 e. The van der Waals surface area contributed by atoms with Crippen LogP contribution in [-0.2, 0) is 0 Å². The van der Waals surface area contributed by atoms with Gasteiger partial charge in [-0.1, -0.05) is 48.5 Å². The summed E-state index contributed by atoms with van der Waals surface area (Å²) >= 11 is 0. The van der Waals surface area contributed by atoms with Crippen molar-refractivity contribution in [3.05, 3.63) is 96.3 Å². The molecule has 24 heavy (non-hydrogen) atoms. The number of nitrogens with zero attached hydrogens (tertiary/aromatic N) is 1. The first kappa shape index (κ1) is 14.4. The standard InChI is InChI=1S/C21H14FNO/c22-17-10-12-18(13-11-17)23-21-19(15-6-2-1-3-7-15)14-16-8-4-5-9-20(16)24-21/h1-14H. The van der Waals surface area contributed by atoms with Gasteiger partial charge < -0.3 is 4.42 Å². The van der Waals surface area contributed by atoms with Gasteiger partial charge in [-0.15, -0.1) is 0 Å². The zero-order valence-corrected chi connectivity index (χ0v) is 12.8. The quantitative estimate of drug-likeness (QED) is 0.481. The fourth-order valence-corrected chi connectivity index (χ4v) is 2.61. The van der Waals surface area contributed by atoms with Gasteiger partial charge in [0.15, 0.2) is 0 Å². The fourth-order valence-electron chi connectivity index (χ4n) is 2.61. The molecular formula is C21H14FNO. The van der Waals surface area contributed by atoms with E-state index in [-0.39, 0.29) is 5.82 Å². The van der Waals surface area contributed by atoms with Crippen molar-refractivity contribution in [2.24, 2.45) is 4.99 Å². The van der Waals surface area contributed by atoms with Crippen LogP contribution in [0.5, 0.6) is 0 Å². The molecule has 0 saturated heterocycles. The molecule has 1 aromatic heterocycles. The molecule has 3 heteroatoms. The normalized spacial score (nSPS) is 11.8. The Morgan fingerprint density at radius 1 is 0.750 bits per heavy atom. The lowest BCUT2D eigenvalue weighted by atomic mass is 10.1. The lowest BCUT2D eigenvalue weighted by Gasteiger charge is -2.05. The summed E-state index contributed by atoms with van der Waals surface area (Å²) in [5, 5.41) is 1.01. The van der Waals surface area contributed by atoms with Gasteiger partial charge in [0.2, 0.25) is 5.55 Å². The van der Waals surface area contributed by atoms with E-state index in [9.17, 15) is 4.39 Å². The van der Waals surface area contributed by atoms with Gasteiger partial charge in [-0.25, -0.2) is 9.38 Å². The lowest BCUT2D eigenvalue weighted by Crippen LogP contribution is -2.05. The molecule has 0 aliphatic heterocycles. The van der Waals surface area contributed by atoms with Gasteiger partial charge in [-0.2, -0.15) is 0 Å². The van der Waals surface area contributed by atoms with E-state index < -0.39 is 0 Å². The molecule has 0 N–H and O–H groups in total. The largest absolute Gasteiger partial charge is 0.438 e. The number of para-hydroxylation sites is 1. The number of hydrogen-bond donors (Lipinski definition) is 0. The highest BCUT2D eigenvalue weighted by atomic mass is 19.1. The van der Waals surface area contributed by atoms with Crippen molar-refractivity contribution >= 4 is 16.7 Å². The van der Waals surface area contributed by atoms with E-state index in [1.54, 1.807) is 12.1 Å². The van der Waals surface area contributed by atoms with Crippen molar-refractivity contribution in [2.45, 2.75) is 0 Å². The van der Waals surface area contributed by atoms with Crippen molar-refractivity contribution in [2.75, 3.05) is 0 Å². The topological polar surface area (TPSA) is 25.5 Å². The Bertz CT molecular complexity index is 1050. The third kappa shape index (κ3) is 2.84. The predicted molar refractivity (Wildman–Crippen MR) is 93.3 cm³/mol. The van der Waals surface area contributed by atoms with Crippen LogP contribution in [0.15, 0.2) is 94.3 Å². The summed E-state index contributed by atoms with van der Waals surface area (Å²) in [5.74, 6) is -0.285. The maximum absolute atomic E-state index is 13.1. The van der Waals surface area contributed by atoms with E-state index in [1.807, 2.05) is 54.6 Å². The van der Waals surface area contributed by atoms with Crippen LogP contribution in [0.2, 0.25) is 0 Å². The molecule has 0 unspecified atom stereocenters. The highest BCUT2D eigenvalue weighted by Gasteiger charge is 2.06. The molecule has 4 aromatic rings. The average molecular weight is 315 g/mol. The van der Waals surface area contributed by atoms with E-state index in [2.05, 4.69) is 11.1 Å². The van der Waals surface area contributed by atoms with Crippen LogP contribution in [0.25, 0.3) is 22.1 Å². The molecule has 2 nitrogen and oxygen atoms in total. The summed E-state index contributed by atoms with van der Waals surface area (Å²) in [5.41, 5.74) is 3.84. The number of rotatable bonds is 2. The predicted octanol–water partition coefficient (Wildman–Crippen LogP) is 5.47. The smallest absolute Gasteiger partial charge is 0.227 e. The van der Waals surface area contributed by atoms with Gasteiger partial charge in [0.1, 0.15) is 11.4 Å². The minimum atomic E-state index is -0.285. The second kappa shape index (κ2) is 6.13. The summed E-state index contributed by atoms with van der Waals surface area (Å²) < 4.78 is 19.1. The SMILES string of the molecule is Fc1ccc(N=c2oc3ccccc3cc2-c2ccccc2)cc1. The summed E-state index contributed by atoms with van der Waals surface area (Å²) in [6, 6.07) is 25.9. The molecule has 4 rings (SSSR count). The van der Waals surface area contributed by atoms with Crippen molar-refractivity contribution in [3.63, 3.8) is 0 Å². The molecule has 0 saturated carbocycles. The highest BCUT2D eigenvalue weighted by molar-refractivity contribution is 5.81. The molecule has 0 amide bonds. The van der Waals surface area contributed by atoms with Gasteiger partial charge in [0.05, 0.1) is 5.69 Å². The Balaban J connectivity index is 2.00. The molecule has 0 fully saturated rings. The number of hydrogen-bond acceptors (Lipinski definition) is 2. The third-order valence-electron chi connectivity index (χ3n) is 3.80. The van der Waals surface area contributed by atoms with Crippen LogP contribution in [0.1, 0.15) is 0 Å². The minimum Gasteiger partial charge on any atom is -0.438 e. The van der Waals surface area contributed by atoms with Gasteiger partial charge >= 0.3 is 0 Å². The molecule has 1 heterocycles. The van der Waals surface area contributed by atoms with Gasteiger partial charge in [-0.05, 0) is 42.0 Å². The van der Waals surface area contributed by atoms with Gasteiger partial charge in [-0.3, -0.25) is 0 Å². The zero-order chi connectivity index (χ0) is 16.4. The Morgan fingerprint density at radius 2 is 1.46 bits per heavy atom. The van der Waals surface area contributed by atoms with Crippen LogP contribution in [0.3, 0.4) is 0 Å². The van der Waals surface area contributed by atoms with E-state index in [4.69, 9.17) is 4.42 Å². The summed E-state index contributed by atoms with van der Waals surface area (Å²) in [7, 11) is 0. The van der Waals surface area contributed by atoms with E-state index in [0.29, 0.717) is 11.2 Å². The Labute approximate surface area is 138 Å². The first-order valence-electron chi connectivity index (χ1n) is 7.68. The Hall–Kier alpha value is -3.20. The van der Waals surface area contributed by atoms with Crippen molar-refractivity contribution < 1.29 is 8.81 Å². The minimum absolute atomic E-state index is 0.285. The molecule has 3 aromatic carbocycles. The van der Waals surface area contributed by atoms with Crippen LogP contribution in [-0.4, -0.2) is 0 Å². The Morgan fingerprint density at radius 3 is 2.25 bits per heavy atom. The molecule has 0 aliphatic carbocycles. The fraction of sp³-hybridized carbons (Fsp3) is 0. The molecule has 0 spiro atoms. The molecular weight excluding hydrogens is 301 g/mol. The zero-order valence-electron chi connectivity index (χ0n) is 12.8. The van der Waals surface area contributed by atoms with Crippen LogP contribution in [0, 0.1) is 5.82 Å². The summed E-state index contributed by atoms with van der Waals surface area (Å²) in [4.78, 5) is 4.58. The number of halogens is 1. The Kier molecular flexibility index (Phi) is 3.67. The molecule has 0 atom stereocenters. The van der Waals surface area contributed by atoms with Gasteiger partial charge in [0, 0.05) is 10.9 Å². The number of fused-ring (bicyclic) bond motifs is 1. The van der Waals surface area contributed by atoms with Crippen LogP contribution in [0.4, 0.5) is 10.1 Å². The monoisotopic (exact) mass is 315 g/mol. The second-order valence-electron chi connectivity index (χ2n) is 5.46.